The molecule has 4 nitrogen and oxygen atoms in total. The highest BCUT2D eigenvalue weighted by atomic mass is 16.5. The molecule has 0 N–H and O–H groups in total. The third-order valence-electron chi connectivity index (χ3n) is 2.32. The third-order valence-corrected chi connectivity index (χ3v) is 2.32. The summed E-state index contributed by atoms with van der Waals surface area (Å²) in [6, 6.07) is 7.65. The molecule has 100 valence electrons. The second-order valence-corrected chi connectivity index (χ2v) is 4.32. The summed E-state index contributed by atoms with van der Waals surface area (Å²) < 4.78 is 10.5. The molecule has 1 aromatic carbocycles. The van der Waals surface area contributed by atoms with E-state index in [0.29, 0.717) is 6.61 Å². The lowest BCUT2D eigenvalue weighted by Gasteiger charge is -2.18. The Kier molecular flexibility index (Phi) is 5.49. The SMILES string of the molecule is CCOC(=O)CN(C)c1ccc(OC(C)C)cc1. The van der Waals surface area contributed by atoms with Gasteiger partial charge in [-0.25, -0.2) is 0 Å². The topological polar surface area (TPSA) is 38.8 Å². The van der Waals surface area contributed by atoms with Crippen LogP contribution in [0.25, 0.3) is 0 Å². The lowest BCUT2D eigenvalue weighted by atomic mass is 10.3. The number of hydrogen-bond donors (Lipinski definition) is 0. The Labute approximate surface area is 108 Å². The second kappa shape index (κ2) is 6.89. The van der Waals surface area contributed by atoms with Gasteiger partial charge in [0.15, 0.2) is 0 Å². The Morgan fingerprint density at radius 2 is 1.89 bits per heavy atom. The molecule has 0 aliphatic heterocycles. The van der Waals surface area contributed by atoms with Crippen LogP contribution in [0, 0.1) is 0 Å². The van der Waals surface area contributed by atoms with Crippen LogP contribution in [-0.4, -0.2) is 32.3 Å². The van der Waals surface area contributed by atoms with E-state index in [4.69, 9.17) is 9.47 Å². The molecule has 0 aromatic heterocycles. The van der Waals surface area contributed by atoms with E-state index in [1.165, 1.54) is 0 Å². The van der Waals surface area contributed by atoms with Gasteiger partial charge < -0.3 is 14.4 Å². The number of carbonyl (C=O) groups excluding carboxylic acids is 1. The second-order valence-electron chi connectivity index (χ2n) is 4.32. The van der Waals surface area contributed by atoms with Crippen molar-refractivity contribution in [3.63, 3.8) is 0 Å². The van der Waals surface area contributed by atoms with E-state index in [2.05, 4.69) is 0 Å². The van der Waals surface area contributed by atoms with Crippen LogP contribution in [0.5, 0.6) is 5.75 Å². The number of hydrogen-bond acceptors (Lipinski definition) is 4. The smallest absolute Gasteiger partial charge is 0.325 e. The van der Waals surface area contributed by atoms with Crippen LogP contribution < -0.4 is 9.64 Å². The number of rotatable bonds is 6. The number of carbonyl (C=O) groups is 1. The lowest BCUT2D eigenvalue weighted by molar-refractivity contribution is -0.141. The summed E-state index contributed by atoms with van der Waals surface area (Å²) >= 11 is 0. The molecule has 0 spiro atoms. The maximum Gasteiger partial charge on any atom is 0.325 e. The summed E-state index contributed by atoms with van der Waals surface area (Å²) in [5.74, 6) is 0.612. The molecule has 1 rings (SSSR count). The molecule has 0 aliphatic carbocycles. The Morgan fingerprint density at radius 3 is 2.39 bits per heavy atom. The zero-order chi connectivity index (χ0) is 13.5. The van der Waals surface area contributed by atoms with Crippen LogP contribution in [0.15, 0.2) is 24.3 Å². The number of nitrogens with zero attached hydrogens (tertiary/aromatic N) is 1. The molecule has 0 unspecified atom stereocenters. The molecule has 0 bridgehead atoms. The van der Waals surface area contributed by atoms with E-state index in [1.807, 2.05) is 50.1 Å². The fourth-order valence-corrected chi connectivity index (χ4v) is 1.54. The molecule has 0 amide bonds. The van der Waals surface area contributed by atoms with Gasteiger partial charge in [-0.15, -0.1) is 0 Å². The molecule has 0 heterocycles. The van der Waals surface area contributed by atoms with Crippen molar-refractivity contribution in [3.8, 4) is 5.75 Å². The first kappa shape index (κ1) is 14.4. The first-order valence-corrected chi connectivity index (χ1v) is 6.16. The monoisotopic (exact) mass is 251 g/mol. The van der Waals surface area contributed by atoms with Crippen LogP contribution in [0.3, 0.4) is 0 Å². The van der Waals surface area contributed by atoms with Crippen molar-refractivity contribution in [2.75, 3.05) is 25.1 Å². The average Bonchev–Trinajstić information content (AvgIpc) is 2.29. The van der Waals surface area contributed by atoms with E-state index in [0.717, 1.165) is 11.4 Å². The molecule has 0 radical (unpaired) electrons. The van der Waals surface area contributed by atoms with E-state index in [9.17, 15) is 4.79 Å². The summed E-state index contributed by atoms with van der Waals surface area (Å²) in [4.78, 5) is 13.2. The molecule has 18 heavy (non-hydrogen) atoms. The molecular weight excluding hydrogens is 230 g/mol. The zero-order valence-electron chi connectivity index (χ0n) is 11.5. The van der Waals surface area contributed by atoms with Gasteiger partial charge >= 0.3 is 5.97 Å². The van der Waals surface area contributed by atoms with Crippen LogP contribution in [0.2, 0.25) is 0 Å². The molecule has 0 saturated carbocycles. The lowest BCUT2D eigenvalue weighted by Crippen LogP contribution is -2.27. The third kappa shape index (κ3) is 4.65. The minimum absolute atomic E-state index is 0.160. The number of benzene rings is 1. The van der Waals surface area contributed by atoms with Crippen LogP contribution in [0.4, 0.5) is 5.69 Å². The van der Waals surface area contributed by atoms with Gasteiger partial charge in [-0.05, 0) is 45.0 Å². The van der Waals surface area contributed by atoms with Crippen molar-refractivity contribution in [3.05, 3.63) is 24.3 Å². The summed E-state index contributed by atoms with van der Waals surface area (Å²) in [5.41, 5.74) is 0.958. The molecule has 4 heteroatoms. The number of anilines is 1. The Hall–Kier alpha value is -1.71. The van der Waals surface area contributed by atoms with Gasteiger partial charge in [0.1, 0.15) is 12.3 Å². The van der Waals surface area contributed by atoms with E-state index in [-0.39, 0.29) is 18.6 Å². The Morgan fingerprint density at radius 1 is 1.28 bits per heavy atom. The molecular formula is C14H21NO3. The summed E-state index contributed by atoms with van der Waals surface area (Å²) in [7, 11) is 1.86. The van der Waals surface area contributed by atoms with Crippen molar-refractivity contribution >= 4 is 11.7 Å². The summed E-state index contributed by atoms with van der Waals surface area (Å²) in [6.07, 6.45) is 0.160. The van der Waals surface area contributed by atoms with Crippen LogP contribution >= 0.6 is 0 Å². The molecule has 0 atom stereocenters. The van der Waals surface area contributed by atoms with Crippen molar-refractivity contribution in [1.82, 2.24) is 0 Å². The highest BCUT2D eigenvalue weighted by Crippen LogP contribution is 2.19. The predicted molar refractivity (Wildman–Crippen MR) is 72.1 cm³/mol. The van der Waals surface area contributed by atoms with Crippen molar-refractivity contribution in [1.29, 1.82) is 0 Å². The Balaban J connectivity index is 2.58. The minimum Gasteiger partial charge on any atom is -0.491 e. The molecule has 0 saturated heterocycles. The first-order chi connectivity index (χ1) is 8.52. The maximum absolute atomic E-state index is 11.4. The van der Waals surface area contributed by atoms with Gasteiger partial charge in [0.05, 0.1) is 12.7 Å². The fraction of sp³-hybridized carbons (Fsp3) is 0.500. The molecule has 0 fully saturated rings. The number of esters is 1. The first-order valence-electron chi connectivity index (χ1n) is 6.16. The highest BCUT2D eigenvalue weighted by molar-refractivity contribution is 5.75. The largest absolute Gasteiger partial charge is 0.491 e. The fourth-order valence-electron chi connectivity index (χ4n) is 1.54. The van der Waals surface area contributed by atoms with Crippen molar-refractivity contribution in [2.24, 2.45) is 0 Å². The zero-order valence-corrected chi connectivity index (χ0v) is 11.5. The summed E-state index contributed by atoms with van der Waals surface area (Å²) in [6.45, 7) is 6.43. The average molecular weight is 251 g/mol. The van der Waals surface area contributed by atoms with Gasteiger partial charge in [0.2, 0.25) is 0 Å². The van der Waals surface area contributed by atoms with Gasteiger partial charge in [-0.2, -0.15) is 0 Å². The van der Waals surface area contributed by atoms with E-state index in [1.54, 1.807) is 6.92 Å². The number of likely N-dealkylation sites (N-methyl/N-ethyl adjacent to an activating group) is 1. The van der Waals surface area contributed by atoms with Crippen LogP contribution in [-0.2, 0) is 9.53 Å². The summed E-state index contributed by atoms with van der Waals surface area (Å²) in [5, 5.41) is 0. The minimum atomic E-state index is -0.220. The quantitative estimate of drug-likeness (QED) is 0.728. The van der Waals surface area contributed by atoms with Gasteiger partial charge in [0.25, 0.3) is 0 Å². The number of ether oxygens (including phenoxy) is 2. The Bertz CT molecular complexity index is 373. The van der Waals surface area contributed by atoms with Gasteiger partial charge in [0, 0.05) is 12.7 Å². The normalized spacial score (nSPS) is 10.3. The van der Waals surface area contributed by atoms with E-state index >= 15 is 0 Å². The van der Waals surface area contributed by atoms with Crippen molar-refractivity contribution in [2.45, 2.75) is 26.9 Å². The van der Waals surface area contributed by atoms with Crippen LogP contribution in [0.1, 0.15) is 20.8 Å². The highest BCUT2D eigenvalue weighted by Gasteiger charge is 2.08. The van der Waals surface area contributed by atoms with Gasteiger partial charge in [-0.3, -0.25) is 4.79 Å². The van der Waals surface area contributed by atoms with Gasteiger partial charge in [-0.1, -0.05) is 0 Å². The van der Waals surface area contributed by atoms with E-state index < -0.39 is 0 Å². The predicted octanol–water partition coefficient (Wildman–Crippen LogP) is 2.47. The molecule has 0 aliphatic rings. The van der Waals surface area contributed by atoms with Crippen molar-refractivity contribution < 1.29 is 14.3 Å². The standard InChI is InChI=1S/C14H21NO3/c1-5-17-14(16)10-15(4)12-6-8-13(9-7-12)18-11(2)3/h6-9,11H,5,10H2,1-4H3. The molecule has 1 aromatic rings. The maximum atomic E-state index is 11.4.